The van der Waals surface area contributed by atoms with Crippen LogP contribution in [-0.2, 0) is 16.1 Å². The van der Waals surface area contributed by atoms with Crippen molar-refractivity contribution < 1.29 is 14.3 Å². The second kappa shape index (κ2) is 8.70. The first-order chi connectivity index (χ1) is 12.3. The van der Waals surface area contributed by atoms with Gasteiger partial charge in [0.2, 0.25) is 0 Å². The Morgan fingerprint density at radius 3 is 2.52 bits per heavy atom. The van der Waals surface area contributed by atoms with Gasteiger partial charge in [-0.3, -0.25) is 4.79 Å². The Morgan fingerprint density at radius 1 is 1.00 bits per heavy atom. The van der Waals surface area contributed by atoms with E-state index in [4.69, 9.17) is 9.47 Å². The van der Waals surface area contributed by atoms with Crippen LogP contribution in [0.5, 0.6) is 5.75 Å². The number of ether oxygens (including phenoxy) is 2. The van der Waals surface area contributed by atoms with Crippen molar-refractivity contribution in [3.63, 3.8) is 0 Å². The van der Waals surface area contributed by atoms with Crippen LogP contribution < -0.4 is 4.74 Å². The summed E-state index contributed by atoms with van der Waals surface area (Å²) in [5.41, 5.74) is 2.31. The van der Waals surface area contributed by atoms with Crippen molar-refractivity contribution in [2.45, 2.75) is 57.7 Å². The molecule has 0 radical (unpaired) electrons. The number of hydrogen-bond donors (Lipinski definition) is 0. The zero-order valence-corrected chi connectivity index (χ0v) is 14.8. The van der Waals surface area contributed by atoms with Gasteiger partial charge in [0.15, 0.2) is 0 Å². The van der Waals surface area contributed by atoms with Crippen LogP contribution in [0.2, 0.25) is 0 Å². The van der Waals surface area contributed by atoms with E-state index in [2.05, 4.69) is 18.2 Å². The highest BCUT2D eigenvalue weighted by molar-refractivity contribution is 5.69. The fourth-order valence-corrected chi connectivity index (χ4v) is 3.50. The largest absolute Gasteiger partial charge is 0.489 e. The van der Waals surface area contributed by atoms with Crippen LogP contribution >= 0.6 is 0 Å². The van der Waals surface area contributed by atoms with E-state index in [-0.39, 0.29) is 18.0 Å². The number of esters is 1. The molecule has 2 unspecified atom stereocenters. The van der Waals surface area contributed by atoms with Crippen LogP contribution in [-0.4, -0.2) is 12.1 Å². The predicted octanol–water partition coefficient (Wildman–Crippen LogP) is 5.25. The molecule has 0 heterocycles. The third-order valence-corrected chi connectivity index (χ3v) is 4.83. The number of rotatable bonds is 6. The van der Waals surface area contributed by atoms with Crippen molar-refractivity contribution in [3.8, 4) is 5.75 Å². The van der Waals surface area contributed by atoms with Crippen molar-refractivity contribution in [1.82, 2.24) is 0 Å². The molecule has 0 aromatic heterocycles. The zero-order chi connectivity index (χ0) is 17.5. The lowest BCUT2D eigenvalue weighted by molar-refractivity contribution is -0.151. The van der Waals surface area contributed by atoms with Crippen molar-refractivity contribution >= 4 is 5.97 Å². The molecule has 1 aliphatic carbocycles. The van der Waals surface area contributed by atoms with Gasteiger partial charge in [0.25, 0.3) is 0 Å². The van der Waals surface area contributed by atoms with Gasteiger partial charge < -0.3 is 9.47 Å². The standard InChI is InChI=1S/C22H26O3/c1-2-22(23)25-21-15-9-7-13-19(21)18-12-6-8-14-20(18)24-16-17-10-4-3-5-11-17/h3-6,8,10-12,14,19,21H,2,7,9,13,15-16H2,1H3. The fourth-order valence-electron chi connectivity index (χ4n) is 3.50. The number of hydrogen-bond acceptors (Lipinski definition) is 3. The second-order valence-corrected chi connectivity index (χ2v) is 6.58. The molecule has 0 amide bonds. The maximum absolute atomic E-state index is 11.8. The summed E-state index contributed by atoms with van der Waals surface area (Å²) >= 11 is 0. The summed E-state index contributed by atoms with van der Waals surface area (Å²) in [6.07, 6.45) is 4.64. The lowest BCUT2D eigenvalue weighted by Crippen LogP contribution is -2.28. The van der Waals surface area contributed by atoms with Crippen LogP contribution in [0.4, 0.5) is 0 Å². The van der Waals surface area contributed by atoms with Gasteiger partial charge in [-0.2, -0.15) is 0 Å². The molecule has 1 fully saturated rings. The highest BCUT2D eigenvalue weighted by Crippen LogP contribution is 2.39. The summed E-state index contributed by atoms with van der Waals surface area (Å²) in [5, 5.41) is 0. The highest BCUT2D eigenvalue weighted by atomic mass is 16.5. The summed E-state index contributed by atoms with van der Waals surface area (Å²) in [4.78, 5) is 11.8. The maximum atomic E-state index is 11.8. The Morgan fingerprint density at radius 2 is 1.72 bits per heavy atom. The van der Waals surface area contributed by atoms with E-state index in [0.29, 0.717) is 13.0 Å². The van der Waals surface area contributed by atoms with E-state index >= 15 is 0 Å². The zero-order valence-electron chi connectivity index (χ0n) is 14.8. The van der Waals surface area contributed by atoms with Crippen molar-refractivity contribution in [2.24, 2.45) is 0 Å². The summed E-state index contributed by atoms with van der Waals surface area (Å²) in [6, 6.07) is 18.3. The average Bonchev–Trinajstić information content (AvgIpc) is 2.68. The minimum atomic E-state index is -0.111. The van der Waals surface area contributed by atoms with Crippen molar-refractivity contribution in [2.75, 3.05) is 0 Å². The molecule has 25 heavy (non-hydrogen) atoms. The molecule has 2 atom stereocenters. The molecule has 132 valence electrons. The van der Waals surface area contributed by atoms with E-state index in [0.717, 1.165) is 42.6 Å². The van der Waals surface area contributed by atoms with E-state index in [1.165, 1.54) is 0 Å². The molecule has 2 aromatic rings. The number of para-hydroxylation sites is 1. The number of carbonyl (C=O) groups excluding carboxylic acids is 1. The quantitative estimate of drug-likeness (QED) is 0.675. The Kier molecular flexibility index (Phi) is 6.10. The fraction of sp³-hybridized carbons (Fsp3) is 0.409. The maximum Gasteiger partial charge on any atom is 0.305 e. The molecule has 1 aliphatic rings. The third kappa shape index (κ3) is 4.62. The molecule has 3 rings (SSSR count). The molecule has 2 aromatic carbocycles. The third-order valence-electron chi connectivity index (χ3n) is 4.83. The molecular weight excluding hydrogens is 312 g/mol. The average molecular weight is 338 g/mol. The van der Waals surface area contributed by atoms with Crippen LogP contribution in [0, 0.1) is 0 Å². The second-order valence-electron chi connectivity index (χ2n) is 6.58. The first-order valence-corrected chi connectivity index (χ1v) is 9.23. The molecule has 0 N–H and O–H groups in total. The van der Waals surface area contributed by atoms with Gasteiger partial charge in [-0.25, -0.2) is 0 Å². The summed E-state index contributed by atoms with van der Waals surface area (Å²) in [6.45, 7) is 2.39. The molecule has 3 heteroatoms. The van der Waals surface area contributed by atoms with Crippen molar-refractivity contribution in [3.05, 3.63) is 65.7 Å². The smallest absolute Gasteiger partial charge is 0.305 e. The lowest BCUT2D eigenvalue weighted by atomic mass is 9.81. The highest BCUT2D eigenvalue weighted by Gasteiger charge is 2.31. The molecule has 0 bridgehead atoms. The Balaban J connectivity index is 1.77. The van der Waals surface area contributed by atoms with Gasteiger partial charge >= 0.3 is 5.97 Å². The lowest BCUT2D eigenvalue weighted by Gasteiger charge is -2.32. The Bertz CT molecular complexity index is 681. The number of benzene rings is 2. The van der Waals surface area contributed by atoms with Gasteiger partial charge in [0, 0.05) is 17.9 Å². The minimum Gasteiger partial charge on any atom is -0.489 e. The van der Waals surface area contributed by atoms with E-state index in [1.807, 2.05) is 43.3 Å². The molecular formula is C22H26O3. The molecule has 0 aliphatic heterocycles. The molecule has 3 nitrogen and oxygen atoms in total. The summed E-state index contributed by atoms with van der Waals surface area (Å²) in [5.74, 6) is 1.01. The summed E-state index contributed by atoms with van der Waals surface area (Å²) < 4.78 is 11.8. The molecule has 0 saturated heterocycles. The number of carbonyl (C=O) groups is 1. The summed E-state index contributed by atoms with van der Waals surface area (Å²) in [7, 11) is 0. The van der Waals surface area contributed by atoms with Gasteiger partial charge in [-0.15, -0.1) is 0 Å². The SMILES string of the molecule is CCC(=O)OC1CCCCC1c1ccccc1OCc1ccccc1. The molecule has 1 saturated carbocycles. The van der Waals surface area contributed by atoms with E-state index < -0.39 is 0 Å². The Labute approximate surface area is 150 Å². The first kappa shape index (κ1) is 17.5. The Hall–Kier alpha value is -2.29. The first-order valence-electron chi connectivity index (χ1n) is 9.23. The van der Waals surface area contributed by atoms with Crippen molar-refractivity contribution in [1.29, 1.82) is 0 Å². The van der Waals surface area contributed by atoms with Gasteiger partial charge in [-0.1, -0.05) is 61.9 Å². The van der Waals surface area contributed by atoms with Crippen LogP contribution in [0.25, 0.3) is 0 Å². The topological polar surface area (TPSA) is 35.5 Å². The van der Waals surface area contributed by atoms with Gasteiger partial charge in [-0.05, 0) is 30.9 Å². The van der Waals surface area contributed by atoms with Gasteiger partial charge in [0.1, 0.15) is 18.5 Å². The van der Waals surface area contributed by atoms with Crippen LogP contribution in [0.1, 0.15) is 56.1 Å². The monoisotopic (exact) mass is 338 g/mol. The van der Waals surface area contributed by atoms with Crippen LogP contribution in [0.15, 0.2) is 54.6 Å². The minimum absolute atomic E-state index is 0.0392. The predicted molar refractivity (Wildman–Crippen MR) is 98.6 cm³/mol. The van der Waals surface area contributed by atoms with E-state index in [9.17, 15) is 4.79 Å². The normalized spacial score (nSPS) is 20.0. The van der Waals surface area contributed by atoms with E-state index in [1.54, 1.807) is 0 Å². The van der Waals surface area contributed by atoms with Crippen LogP contribution in [0.3, 0.4) is 0 Å². The van der Waals surface area contributed by atoms with Gasteiger partial charge in [0.05, 0.1) is 0 Å². The molecule has 0 spiro atoms.